The van der Waals surface area contributed by atoms with Gasteiger partial charge in [0.05, 0.1) is 12.1 Å². The van der Waals surface area contributed by atoms with E-state index in [1.807, 2.05) is 56.3 Å². The van der Waals surface area contributed by atoms with Crippen LogP contribution in [-0.2, 0) is 17.6 Å². The fourth-order valence-electron chi connectivity index (χ4n) is 4.07. The molecule has 1 aliphatic heterocycles. The van der Waals surface area contributed by atoms with Crippen molar-refractivity contribution in [2.45, 2.75) is 38.3 Å². The molecule has 5 nitrogen and oxygen atoms in total. The second kappa shape index (κ2) is 10.1. The SMILES string of the molecule is C=C(C)C1(C)N=C(NC(=O)Cc2ccc(F)cc2)C(Cc2ccccc2)=NC1c1ccc(O)cc1. The van der Waals surface area contributed by atoms with Gasteiger partial charge in [0, 0.05) is 6.42 Å². The number of nitrogens with one attached hydrogen (secondary N) is 1. The van der Waals surface area contributed by atoms with E-state index in [4.69, 9.17) is 9.98 Å². The van der Waals surface area contributed by atoms with E-state index in [2.05, 4.69) is 11.9 Å². The summed E-state index contributed by atoms with van der Waals surface area (Å²) in [5.74, 6) is -0.0299. The molecule has 6 heteroatoms. The summed E-state index contributed by atoms with van der Waals surface area (Å²) >= 11 is 0. The average molecular weight is 470 g/mol. The zero-order valence-corrected chi connectivity index (χ0v) is 19.8. The Labute approximate surface area is 204 Å². The van der Waals surface area contributed by atoms with Crippen molar-refractivity contribution in [3.8, 4) is 5.75 Å². The Balaban J connectivity index is 1.70. The quantitative estimate of drug-likeness (QED) is 0.477. The number of aromatic hydroxyl groups is 1. The summed E-state index contributed by atoms with van der Waals surface area (Å²) in [7, 11) is 0. The number of phenols is 1. The minimum absolute atomic E-state index is 0.0864. The van der Waals surface area contributed by atoms with E-state index in [0.717, 1.165) is 16.7 Å². The zero-order chi connectivity index (χ0) is 25.0. The molecule has 1 amide bonds. The number of carbonyl (C=O) groups is 1. The van der Waals surface area contributed by atoms with Crippen LogP contribution in [0.2, 0.25) is 0 Å². The van der Waals surface area contributed by atoms with Gasteiger partial charge in [0.1, 0.15) is 23.1 Å². The lowest BCUT2D eigenvalue weighted by molar-refractivity contribution is -0.119. The minimum atomic E-state index is -0.810. The van der Waals surface area contributed by atoms with Crippen molar-refractivity contribution in [1.82, 2.24) is 5.32 Å². The third-order valence-corrected chi connectivity index (χ3v) is 6.26. The van der Waals surface area contributed by atoms with Crippen molar-refractivity contribution in [1.29, 1.82) is 0 Å². The first-order chi connectivity index (χ1) is 16.7. The van der Waals surface area contributed by atoms with E-state index in [9.17, 15) is 14.3 Å². The van der Waals surface area contributed by atoms with Gasteiger partial charge in [-0.25, -0.2) is 4.39 Å². The van der Waals surface area contributed by atoms with Gasteiger partial charge in [-0.15, -0.1) is 0 Å². The topological polar surface area (TPSA) is 74.0 Å². The van der Waals surface area contributed by atoms with E-state index < -0.39 is 5.54 Å². The lowest BCUT2D eigenvalue weighted by Gasteiger charge is -2.37. The van der Waals surface area contributed by atoms with Gasteiger partial charge < -0.3 is 10.4 Å². The summed E-state index contributed by atoms with van der Waals surface area (Å²) < 4.78 is 13.3. The van der Waals surface area contributed by atoms with Crippen LogP contribution in [0.5, 0.6) is 5.75 Å². The average Bonchev–Trinajstić information content (AvgIpc) is 2.83. The Kier molecular flexibility index (Phi) is 6.92. The maximum Gasteiger partial charge on any atom is 0.229 e. The van der Waals surface area contributed by atoms with Gasteiger partial charge >= 0.3 is 0 Å². The lowest BCUT2D eigenvalue weighted by atomic mass is 9.81. The van der Waals surface area contributed by atoms with Crippen molar-refractivity contribution in [2.75, 3.05) is 0 Å². The monoisotopic (exact) mass is 469 g/mol. The predicted molar refractivity (Wildman–Crippen MR) is 137 cm³/mol. The molecule has 0 aromatic heterocycles. The summed E-state index contributed by atoms with van der Waals surface area (Å²) in [5.41, 5.74) is 3.26. The van der Waals surface area contributed by atoms with E-state index in [1.54, 1.807) is 24.3 Å². The van der Waals surface area contributed by atoms with Gasteiger partial charge in [-0.05, 0) is 54.8 Å². The van der Waals surface area contributed by atoms with Crippen LogP contribution in [0.25, 0.3) is 0 Å². The number of amidine groups is 1. The molecule has 0 saturated carbocycles. The van der Waals surface area contributed by atoms with Gasteiger partial charge in [-0.2, -0.15) is 0 Å². The van der Waals surface area contributed by atoms with Crippen molar-refractivity contribution in [3.63, 3.8) is 0 Å². The van der Waals surface area contributed by atoms with Crippen LogP contribution in [0, 0.1) is 5.82 Å². The molecule has 35 heavy (non-hydrogen) atoms. The molecule has 0 radical (unpaired) electrons. The van der Waals surface area contributed by atoms with Crippen LogP contribution in [0.1, 0.15) is 36.6 Å². The number of halogens is 1. The molecule has 178 valence electrons. The summed E-state index contributed by atoms with van der Waals surface area (Å²) in [4.78, 5) is 23.0. The third kappa shape index (κ3) is 5.54. The number of carbonyl (C=O) groups excluding carboxylic acids is 1. The smallest absolute Gasteiger partial charge is 0.229 e. The first-order valence-electron chi connectivity index (χ1n) is 11.4. The highest BCUT2D eigenvalue weighted by molar-refractivity contribution is 6.44. The Hall–Kier alpha value is -4.06. The molecular weight excluding hydrogens is 441 g/mol. The molecule has 1 heterocycles. The van der Waals surface area contributed by atoms with Crippen LogP contribution >= 0.6 is 0 Å². The summed E-state index contributed by atoms with van der Waals surface area (Å²) in [6.45, 7) is 8.01. The highest BCUT2D eigenvalue weighted by atomic mass is 19.1. The molecule has 2 N–H and O–H groups in total. The lowest BCUT2D eigenvalue weighted by Crippen LogP contribution is -2.46. The molecule has 2 unspecified atom stereocenters. The highest BCUT2D eigenvalue weighted by Gasteiger charge is 2.40. The number of hydrogen-bond acceptors (Lipinski definition) is 4. The number of rotatable bonds is 6. The Morgan fingerprint density at radius 3 is 2.31 bits per heavy atom. The molecule has 4 rings (SSSR count). The third-order valence-electron chi connectivity index (χ3n) is 6.26. The maximum atomic E-state index is 13.3. The molecule has 1 aliphatic rings. The molecule has 0 bridgehead atoms. The number of amides is 1. The van der Waals surface area contributed by atoms with Crippen LogP contribution in [0.3, 0.4) is 0 Å². The first kappa shape index (κ1) is 24.1. The van der Waals surface area contributed by atoms with Crippen molar-refractivity contribution in [3.05, 3.63) is 114 Å². The van der Waals surface area contributed by atoms with Crippen molar-refractivity contribution < 1.29 is 14.3 Å². The second-order valence-corrected chi connectivity index (χ2v) is 8.97. The molecule has 3 aromatic rings. The van der Waals surface area contributed by atoms with E-state index in [0.29, 0.717) is 23.5 Å². The molecule has 0 fully saturated rings. The maximum absolute atomic E-state index is 13.3. The van der Waals surface area contributed by atoms with Crippen LogP contribution in [0.4, 0.5) is 4.39 Å². The molecule has 0 spiro atoms. The number of phenolic OH excluding ortho intramolecular Hbond substituents is 1. The molecule has 3 aromatic carbocycles. The normalized spacial score (nSPS) is 19.5. The number of benzene rings is 3. The fraction of sp³-hybridized carbons (Fsp3) is 0.207. The predicted octanol–water partition coefficient (Wildman–Crippen LogP) is 5.36. The van der Waals surface area contributed by atoms with Crippen LogP contribution in [0.15, 0.2) is 101 Å². The summed E-state index contributed by atoms with van der Waals surface area (Å²) in [5, 5.41) is 12.7. The standard InChI is InChI=1S/C29H28FN3O2/c1-19(2)29(3)27(22-11-15-24(34)16-12-22)31-25(17-20-7-5-4-6-8-20)28(33-29)32-26(35)18-21-9-13-23(30)14-10-21/h4-16,27,34H,1,17-18H2,2-3H3,(H,32,33,35). The number of aliphatic imine (C=N–C) groups is 2. The summed E-state index contributed by atoms with van der Waals surface area (Å²) in [6, 6.07) is 22.3. The van der Waals surface area contributed by atoms with Crippen LogP contribution in [-0.4, -0.2) is 28.1 Å². The van der Waals surface area contributed by atoms with E-state index in [-0.39, 0.29) is 29.9 Å². The van der Waals surface area contributed by atoms with Gasteiger partial charge in [-0.3, -0.25) is 14.8 Å². The second-order valence-electron chi connectivity index (χ2n) is 8.97. The van der Waals surface area contributed by atoms with E-state index in [1.165, 1.54) is 12.1 Å². The molecule has 2 atom stereocenters. The number of hydrogen-bond donors (Lipinski definition) is 2. The minimum Gasteiger partial charge on any atom is -0.508 e. The summed E-state index contributed by atoms with van der Waals surface area (Å²) in [6.07, 6.45) is 0.570. The zero-order valence-electron chi connectivity index (χ0n) is 19.8. The first-order valence-corrected chi connectivity index (χ1v) is 11.4. The Morgan fingerprint density at radius 1 is 1.03 bits per heavy atom. The Bertz CT molecular complexity index is 1280. The fourth-order valence-corrected chi connectivity index (χ4v) is 4.07. The number of nitrogens with zero attached hydrogens (tertiary/aromatic N) is 2. The van der Waals surface area contributed by atoms with Gasteiger partial charge in [0.15, 0.2) is 5.84 Å². The largest absolute Gasteiger partial charge is 0.508 e. The highest BCUT2D eigenvalue weighted by Crippen LogP contribution is 2.41. The molecule has 0 aliphatic carbocycles. The molecule has 0 saturated heterocycles. The van der Waals surface area contributed by atoms with Gasteiger partial charge in [-0.1, -0.05) is 66.7 Å². The van der Waals surface area contributed by atoms with Gasteiger partial charge in [0.25, 0.3) is 0 Å². The van der Waals surface area contributed by atoms with E-state index >= 15 is 0 Å². The molecular formula is C29H28FN3O2. The van der Waals surface area contributed by atoms with Gasteiger partial charge in [0.2, 0.25) is 5.91 Å². The van der Waals surface area contributed by atoms with Crippen molar-refractivity contribution >= 4 is 17.5 Å². The van der Waals surface area contributed by atoms with Crippen molar-refractivity contribution in [2.24, 2.45) is 9.98 Å². The van der Waals surface area contributed by atoms with Crippen LogP contribution < -0.4 is 5.32 Å². The Morgan fingerprint density at radius 2 is 1.69 bits per heavy atom.